The molecule has 0 amide bonds. The lowest BCUT2D eigenvalue weighted by Gasteiger charge is -2.23. The molecule has 1 radical (unpaired) electrons. The molecule has 1 saturated heterocycles. The first-order valence-electron chi connectivity index (χ1n) is 6.44. The Hall–Kier alpha value is -2.42. The average Bonchev–Trinajstić information content (AvgIpc) is 2.66. The molecule has 0 aromatic carbocycles. The average molecular weight is 311 g/mol. The van der Waals surface area contributed by atoms with E-state index in [1.54, 1.807) is 0 Å². The van der Waals surface area contributed by atoms with Gasteiger partial charge in [-0.25, -0.2) is 4.79 Å². The van der Waals surface area contributed by atoms with Crippen LogP contribution in [0, 0.1) is 6.92 Å². The SMILES string of the molecule is [CH2]C1OC(n2ccc(=O)[nH]c2=O)[C@H](OC(C)=O)[C@@H]1OC(C)=O. The van der Waals surface area contributed by atoms with Crippen LogP contribution >= 0.6 is 0 Å². The van der Waals surface area contributed by atoms with Crippen LogP contribution in [0.3, 0.4) is 0 Å². The predicted molar refractivity (Wildman–Crippen MR) is 71.7 cm³/mol. The van der Waals surface area contributed by atoms with Gasteiger partial charge in [0.2, 0.25) is 0 Å². The van der Waals surface area contributed by atoms with Crippen LogP contribution in [-0.4, -0.2) is 39.8 Å². The number of hydrogen-bond acceptors (Lipinski definition) is 7. The van der Waals surface area contributed by atoms with Gasteiger partial charge in [-0.3, -0.25) is 23.9 Å². The van der Waals surface area contributed by atoms with Gasteiger partial charge in [0, 0.05) is 26.1 Å². The van der Waals surface area contributed by atoms with Crippen molar-refractivity contribution in [1.82, 2.24) is 9.55 Å². The largest absolute Gasteiger partial charge is 0.456 e. The highest BCUT2D eigenvalue weighted by Crippen LogP contribution is 2.32. The molecule has 9 heteroatoms. The third-order valence-electron chi connectivity index (χ3n) is 3.01. The van der Waals surface area contributed by atoms with Crippen molar-refractivity contribution in [1.29, 1.82) is 0 Å². The summed E-state index contributed by atoms with van der Waals surface area (Å²) >= 11 is 0. The lowest BCUT2D eigenvalue weighted by molar-refractivity contribution is -0.165. The number of rotatable bonds is 3. The molecule has 1 fully saturated rings. The quantitative estimate of drug-likeness (QED) is 0.721. The topological polar surface area (TPSA) is 117 Å². The Labute approximate surface area is 124 Å². The third kappa shape index (κ3) is 3.25. The number of carbonyl (C=O) groups is 2. The monoisotopic (exact) mass is 311 g/mol. The van der Waals surface area contributed by atoms with Gasteiger partial charge in [0.15, 0.2) is 18.4 Å². The Balaban J connectivity index is 2.40. The molecule has 4 atom stereocenters. The molecule has 119 valence electrons. The number of carbonyl (C=O) groups excluding carboxylic acids is 2. The van der Waals surface area contributed by atoms with E-state index in [-0.39, 0.29) is 0 Å². The molecular weight excluding hydrogens is 296 g/mol. The standard InChI is InChI=1S/C13H15N2O7/c1-6-10(21-7(2)16)11(22-8(3)17)12(20-6)15-5-4-9(18)14-13(15)19/h4-6,10-12H,1H2,2-3H3,(H,14,18,19)/t6?,10-,11-,12?/m1/s1. The summed E-state index contributed by atoms with van der Waals surface area (Å²) in [6.07, 6.45) is -2.75. The predicted octanol–water partition coefficient (Wildman–Crippen LogP) is -0.869. The molecule has 1 aromatic rings. The highest BCUT2D eigenvalue weighted by molar-refractivity contribution is 5.67. The molecular formula is C13H15N2O7. The Morgan fingerprint density at radius 2 is 1.82 bits per heavy atom. The molecule has 1 N–H and O–H groups in total. The summed E-state index contributed by atoms with van der Waals surface area (Å²) in [7, 11) is 0. The second-order valence-corrected chi connectivity index (χ2v) is 4.73. The van der Waals surface area contributed by atoms with Crippen molar-refractivity contribution in [2.45, 2.75) is 38.4 Å². The summed E-state index contributed by atoms with van der Waals surface area (Å²) in [5, 5.41) is 0. The van der Waals surface area contributed by atoms with Gasteiger partial charge in [0.05, 0.1) is 0 Å². The summed E-state index contributed by atoms with van der Waals surface area (Å²) in [5.41, 5.74) is -1.32. The van der Waals surface area contributed by atoms with E-state index in [2.05, 4.69) is 11.9 Å². The van der Waals surface area contributed by atoms with Crippen LogP contribution in [0.25, 0.3) is 0 Å². The zero-order valence-electron chi connectivity index (χ0n) is 12.0. The zero-order chi connectivity index (χ0) is 16.4. The Morgan fingerprint density at radius 1 is 1.23 bits per heavy atom. The van der Waals surface area contributed by atoms with E-state index in [0.717, 1.165) is 10.6 Å². The van der Waals surface area contributed by atoms with Crippen LogP contribution in [0.2, 0.25) is 0 Å². The van der Waals surface area contributed by atoms with Crippen LogP contribution in [0.1, 0.15) is 20.1 Å². The van der Waals surface area contributed by atoms with Crippen molar-refractivity contribution in [3.63, 3.8) is 0 Å². The van der Waals surface area contributed by atoms with Crippen molar-refractivity contribution < 1.29 is 23.8 Å². The minimum absolute atomic E-state index is 0.578. The Morgan fingerprint density at radius 3 is 2.36 bits per heavy atom. The van der Waals surface area contributed by atoms with Crippen LogP contribution in [0.4, 0.5) is 0 Å². The molecule has 2 unspecified atom stereocenters. The first-order chi connectivity index (χ1) is 10.3. The summed E-state index contributed by atoms with van der Waals surface area (Å²) in [4.78, 5) is 47.5. The number of aromatic nitrogens is 2. The van der Waals surface area contributed by atoms with E-state index in [4.69, 9.17) is 14.2 Å². The molecule has 0 spiro atoms. The molecule has 9 nitrogen and oxygen atoms in total. The second kappa shape index (κ2) is 6.14. The van der Waals surface area contributed by atoms with Crippen molar-refractivity contribution in [3.8, 4) is 0 Å². The minimum Gasteiger partial charge on any atom is -0.456 e. The first-order valence-corrected chi connectivity index (χ1v) is 6.44. The third-order valence-corrected chi connectivity index (χ3v) is 3.01. The van der Waals surface area contributed by atoms with Gasteiger partial charge in [-0.2, -0.15) is 0 Å². The van der Waals surface area contributed by atoms with Crippen LogP contribution < -0.4 is 11.2 Å². The summed E-state index contributed by atoms with van der Waals surface area (Å²) in [6.45, 7) is 6.04. The zero-order valence-corrected chi connectivity index (χ0v) is 12.0. The molecule has 0 saturated carbocycles. The van der Waals surface area contributed by atoms with E-state index >= 15 is 0 Å². The number of ether oxygens (including phenoxy) is 3. The number of esters is 2. The summed E-state index contributed by atoms with van der Waals surface area (Å²) in [6, 6.07) is 1.12. The lowest BCUT2D eigenvalue weighted by Crippen LogP contribution is -2.41. The van der Waals surface area contributed by atoms with Crippen LogP contribution in [0.5, 0.6) is 0 Å². The van der Waals surface area contributed by atoms with Gasteiger partial charge in [0.1, 0.15) is 6.10 Å². The maximum Gasteiger partial charge on any atom is 0.330 e. The van der Waals surface area contributed by atoms with Crippen molar-refractivity contribution in [2.75, 3.05) is 0 Å². The van der Waals surface area contributed by atoms with E-state index in [1.807, 2.05) is 0 Å². The molecule has 1 aliphatic heterocycles. The van der Waals surface area contributed by atoms with E-state index < -0.39 is 47.7 Å². The van der Waals surface area contributed by atoms with Crippen molar-refractivity contribution >= 4 is 11.9 Å². The first kappa shape index (κ1) is 16.0. The number of aromatic amines is 1. The van der Waals surface area contributed by atoms with Gasteiger partial charge in [-0.05, 0) is 6.92 Å². The smallest absolute Gasteiger partial charge is 0.330 e. The van der Waals surface area contributed by atoms with E-state index in [1.165, 1.54) is 20.0 Å². The van der Waals surface area contributed by atoms with Crippen molar-refractivity contribution in [3.05, 3.63) is 40.0 Å². The Bertz CT molecular complexity index is 692. The highest BCUT2D eigenvalue weighted by atomic mass is 16.6. The normalized spacial score (nSPS) is 27.4. The number of nitrogens with one attached hydrogen (secondary N) is 1. The molecule has 22 heavy (non-hydrogen) atoms. The molecule has 1 aromatic heterocycles. The molecule has 0 bridgehead atoms. The highest BCUT2D eigenvalue weighted by Gasteiger charge is 2.48. The van der Waals surface area contributed by atoms with Gasteiger partial charge in [0.25, 0.3) is 5.56 Å². The fourth-order valence-electron chi connectivity index (χ4n) is 2.21. The fourth-order valence-corrected chi connectivity index (χ4v) is 2.21. The Kier molecular flexibility index (Phi) is 4.45. The summed E-state index contributed by atoms with van der Waals surface area (Å²) < 4.78 is 16.7. The molecule has 2 heterocycles. The van der Waals surface area contributed by atoms with Gasteiger partial charge in [-0.1, -0.05) is 0 Å². The van der Waals surface area contributed by atoms with E-state index in [9.17, 15) is 19.2 Å². The number of nitrogens with zero attached hydrogens (tertiary/aromatic N) is 1. The lowest BCUT2D eigenvalue weighted by atomic mass is 10.1. The molecule has 0 aliphatic carbocycles. The maximum atomic E-state index is 11.9. The maximum absolute atomic E-state index is 11.9. The van der Waals surface area contributed by atoms with Gasteiger partial charge >= 0.3 is 17.6 Å². The van der Waals surface area contributed by atoms with Crippen LogP contribution in [-0.2, 0) is 23.8 Å². The molecule has 1 aliphatic rings. The van der Waals surface area contributed by atoms with Crippen LogP contribution in [0.15, 0.2) is 21.9 Å². The number of hydrogen-bond donors (Lipinski definition) is 1. The van der Waals surface area contributed by atoms with Gasteiger partial charge in [-0.15, -0.1) is 0 Å². The number of H-pyrrole nitrogens is 1. The van der Waals surface area contributed by atoms with Gasteiger partial charge < -0.3 is 14.2 Å². The van der Waals surface area contributed by atoms with E-state index in [0.29, 0.717) is 0 Å². The molecule has 2 rings (SSSR count). The second-order valence-electron chi connectivity index (χ2n) is 4.73. The summed E-state index contributed by atoms with van der Waals surface area (Å²) in [5.74, 6) is -1.24. The van der Waals surface area contributed by atoms with Crippen molar-refractivity contribution in [2.24, 2.45) is 0 Å². The minimum atomic E-state index is -1.07. The fraction of sp³-hybridized carbons (Fsp3) is 0.462.